The molecule has 1 amide bonds. The van der Waals surface area contributed by atoms with Crippen molar-refractivity contribution in [3.8, 4) is 11.5 Å². The molecule has 5 rings (SSSR count). The lowest BCUT2D eigenvalue weighted by molar-refractivity contribution is -0.0712. The van der Waals surface area contributed by atoms with Gasteiger partial charge < -0.3 is 9.47 Å². The number of halogens is 2. The number of rotatable bonds is 5. The van der Waals surface area contributed by atoms with Crippen LogP contribution in [0.3, 0.4) is 0 Å². The molecular weight excluding hydrogens is 483 g/mol. The van der Waals surface area contributed by atoms with Crippen molar-refractivity contribution in [2.24, 2.45) is 5.84 Å². The second kappa shape index (κ2) is 9.69. The van der Waals surface area contributed by atoms with Gasteiger partial charge >= 0.3 is 0 Å². The van der Waals surface area contributed by atoms with Gasteiger partial charge in [-0.3, -0.25) is 20.1 Å². The number of para-hydroxylation sites is 1. The van der Waals surface area contributed by atoms with Crippen molar-refractivity contribution in [3.63, 3.8) is 0 Å². The number of amides is 1. The molecule has 2 aliphatic heterocycles. The van der Waals surface area contributed by atoms with Gasteiger partial charge in [0.1, 0.15) is 5.82 Å². The predicted molar refractivity (Wildman–Crippen MR) is 134 cm³/mol. The third-order valence-corrected chi connectivity index (χ3v) is 7.25. The summed E-state index contributed by atoms with van der Waals surface area (Å²) in [6, 6.07) is 12.2. The molecule has 1 atom stereocenters. The fraction of sp³-hybridized carbons (Fsp3) is 0.333. The number of nitrogens with two attached hydrogens (primary N) is 1. The molecule has 3 aromatic rings. The largest absolute Gasteiger partial charge is 0.444 e. The van der Waals surface area contributed by atoms with Gasteiger partial charge in [-0.05, 0) is 74.7 Å². The monoisotopic (exact) mass is 510 g/mol. The van der Waals surface area contributed by atoms with Crippen LogP contribution in [0.4, 0.5) is 4.39 Å². The van der Waals surface area contributed by atoms with E-state index in [1.807, 2.05) is 25.1 Å². The normalized spacial score (nSPS) is 19.9. The summed E-state index contributed by atoms with van der Waals surface area (Å²) in [5, 5.41) is 0.324. The third kappa shape index (κ3) is 4.64. The summed E-state index contributed by atoms with van der Waals surface area (Å²) < 4.78 is 27.1. The van der Waals surface area contributed by atoms with Crippen molar-refractivity contribution in [3.05, 3.63) is 87.4 Å². The summed E-state index contributed by atoms with van der Waals surface area (Å²) >= 11 is 5.93. The fourth-order valence-corrected chi connectivity index (χ4v) is 5.19. The highest BCUT2D eigenvalue weighted by atomic mass is 35.5. The van der Waals surface area contributed by atoms with Crippen LogP contribution in [0, 0.1) is 12.7 Å². The number of nitrogens with one attached hydrogen (secondary N) is 1. The Labute approximate surface area is 214 Å². The molecule has 0 bridgehead atoms. The van der Waals surface area contributed by atoms with Gasteiger partial charge in [-0.1, -0.05) is 23.7 Å². The molecule has 7 nitrogen and oxygen atoms in total. The van der Waals surface area contributed by atoms with Gasteiger partial charge in [0.05, 0.1) is 16.8 Å². The van der Waals surface area contributed by atoms with Crippen LogP contribution in [0.25, 0.3) is 0 Å². The summed E-state index contributed by atoms with van der Waals surface area (Å²) in [4.78, 5) is 18.6. The molecule has 0 aliphatic carbocycles. The lowest BCUT2D eigenvalue weighted by atomic mass is 9.88. The van der Waals surface area contributed by atoms with E-state index >= 15 is 0 Å². The predicted octanol–water partition coefficient (Wildman–Crippen LogP) is 4.81. The van der Waals surface area contributed by atoms with Crippen LogP contribution >= 0.6 is 11.6 Å². The zero-order valence-electron chi connectivity index (χ0n) is 20.2. The van der Waals surface area contributed by atoms with Crippen LogP contribution in [0.5, 0.6) is 11.5 Å². The maximum absolute atomic E-state index is 14.7. The van der Waals surface area contributed by atoms with E-state index in [0.29, 0.717) is 40.1 Å². The van der Waals surface area contributed by atoms with Gasteiger partial charge in [0.15, 0.2) is 11.5 Å². The molecule has 0 radical (unpaired) electrons. The molecule has 3 N–H and O–H groups in total. The van der Waals surface area contributed by atoms with Crippen molar-refractivity contribution in [2.75, 3.05) is 13.1 Å². The Morgan fingerprint density at radius 1 is 1.25 bits per heavy atom. The van der Waals surface area contributed by atoms with Gasteiger partial charge in [0, 0.05) is 30.3 Å². The summed E-state index contributed by atoms with van der Waals surface area (Å²) in [6.07, 6.45) is 3.44. The average molecular weight is 511 g/mol. The number of piperidine rings is 1. The lowest BCUT2D eigenvalue weighted by Crippen LogP contribution is -2.34. The van der Waals surface area contributed by atoms with Crippen LogP contribution < -0.4 is 20.7 Å². The Kier molecular flexibility index (Phi) is 6.59. The Bertz CT molecular complexity index is 1310. The van der Waals surface area contributed by atoms with E-state index < -0.39 is 11.6 Å². The summed E-state index contributed by atoms with van der Waals surface area (Å²) in [6.45, 7) is 6.18. The number of nitrogen functional groups attached to an aromatic ring is 1. The Morgan fingerprint density at radius 3 is 2.72 bits per heavy atom. The highest BCUT2D eigenvalue weighted by Gasteiger charge is 2.42. The first-order valence-electron chi connectivity index (χ1n) is 11.9. The van der Waals surface area contributed by atoms with Gasteiger partial charge in [0.25, 0.3) is 11.7 Å². The minimum Gasteiger partial charge on any atom is -0.444 e. The number of hydrazine groups is 1. The fourth-order valence-electron chi connectivity index (χ4n) is 5.03. The molecule has 1 fully saturated rings. The number of pyridine rings is 1. The van der Waals surface area contributed by atoms with Gasteiger partial charge in [-0.15, -0.1) is 0 Å². The van der Waals surface area contributed by atoms with Crippen LogP contribution in [0.2, 0.25) is 5.02 Å². The van der Waals surface area contributed by atoms with Crippen molar-refractivity contribution in [1.29, 1.82) is 0 Å². The van der Waals surface area contributed by atoms with E-state index in [4.69, 9.17) is 26.9 Å². The molecule has 1 aromatic heterocycles. The zero-order valence-corrected chi connectivity index (χ0v) is 20.9. The number of benzene rings is 2. The Morgan fingerprint density at radius 2 is 2.03 bits per heavy atom. The van der Waals surface area contributed by atoms with E-state index in [1.165, 1.54) is 6.07 Å². The van der Waals surface area contributed by atoms with Crippen LogP contribution in [0.1, 0.15) is 58.4 Å². The minimum atomic E-state index is -1.26. The number of ether oxygens (including phenoxy) is 2. The topological polar surface area (TPSA) is 89.7 Å². The number of hydrogen-bond donors (Lipinski definition) is 2. The molecule has 1 unspecified atom stereocenters. The Hall–Kier alpha value is -3.20. The van der Waals surface area contributed by atoms with Crippen LogP contribution in [-0.4, -0.2) is 28.9 Å². The maximum atomic E-state index is 14.7. The first-order chi connectivity index (χ1) is 17.3. The summed E-state index contributed by atoms with van der Waals surface area (Å²) in [5.41, 5.74) is 5.87. The van der Waals surface area contributed by atoms with E-state index in [2.05, 4.69) is 21.4 Å². The lowest BCUT2D eigenvalue weighted by Gasteiger charge is -2.32. The number of carbonyl (C=O) groups excluding carboxylic acids is 1. The van der Waals surface area contributed by atoms with Gasteiger partial charge in [0.2, 0.25) is 0 Å². The van der Waals surface area contributed by atoms with Crippen molar-refractivity contribution in [2.45, 2.75) is 44.9 Å². The average Bonchev–Trinajstić information content (AvgIpc) is 3.22. The highest BCUT2D eigenvalue weighted by Crippen LogP contribution is 2.49. The number of aryl methyl sites for hydroxylation is 1. The number of likely N-dealkylation sites (tertiary alicyclic amines) is 1. The summed E-state index contributed by atoms with van der Waals surface area (Å²) in [5.74, 6) is 4.73. The SMILES string of the molecule is Cc1cc(C(=O)NN)cnc1CN1CCC(c2cccc3c2OC(C)(c2ccc(Cl)cc2F)O3)CC1. The molecular formula is C27H28ClFN4O3. The first kappa shape index (κ1) is 24.5. The molecule has 1 saturated heterocycles. The van der Waals surface area contributed by atoms with Crippen molar-refractivity contribution < 1.29 is 18.7 Å². The van der Waals surface area contributed by atoms with Gasteiger partial charge in [-0.25, -0.2) is 10.2 Å². The standard InChI is InChI=1S/C27H28ClFN4O3/c1-16-12-18(26(34)32-30)14-31-23(16)15-33-10-8-17(9-11-33)20-4-3-5-24-25(20)36-27(2,35-24)21-7-6-19(28)13-22(21)29/h3-7,12-14,17H,8-11,15,30H2,1-2H3,(H,32,34). The van der Waals surface area contributed by atoms with Crippen molar-refractivity contribution >= 4 is 17.5 Å². The van der Waals surface area contributed by atoms with E-state index in [-0.39, 0.29) is 5.91 Å². The Balaban J connectivity index is 1.27. The quantitative estimate of drug-likeness (QED) is 0.291. The van der Waals surface area contributed by atoms with Crippen molar-refractivity contribution in [1.82, 2.24) is 15.3 Å². The molecule has 188 valence electrons. The molecule has 0 spiro atoms. The van der Waals surface area contributed by atoms with Gasteiger partial charge in [-0.2, -0.15) is 0 Å². The number of carbonyl (C=O) groups is 1. The number of aromatic nitrogens is 1. The highest BCUT2D eigenvalue weighted by molar-refractivity contribution is 6.30. The number of fused-ring (bicyclic) bond motifs is 1. The first-order valence-corrected chi connectivity index (χ1v) is 12.3. The zero-order chi connectivity index (χ0) is 25.4. The van der Waals surface area contributed by atoms with Crippen LogP contribution in [0.15, 0.2) is 48.7 Å². The molecule has 3 heterocycles. The minimum absolute atomic E-state index is 0.293. The molecule has 0 saturated carbocycles. The van der Waals surface area contributed by atoms with Crippen LogP contribution in [-0.2, 0) is 12.3 Å². The number of hydrogen-bond acceptors (Lipinski definition) is 6. The molecule has 2 aliphatic rings. The molecule has 36 heavy (non-hydrogen) atoms. The second-order valence-corrected chi connectivity index (χ2v) is 9.90. The number of nitrogens with zero attached hydrogens (tertiary/aromatic N) is 2. The molecule has 2 aromatic carbocycles. The maximum Gasteiger partial charge on any atom is 0.278 e. The second-order valence-electron chi connectivity index (χ2n) is 9.46. The summed E-state index contributed by atoms with van der Waals surface area (Å²) in [7, 11) is 0. The van der Waals surface area contributed by atoms with E-state index in [0.717, 1.165) is 42.8 Å². The smallest absolute Gasteiger partial charge is 0.278 e. The van der Waals surface area contributed by atoms with E-state index in [1.54, 1.807) is 25.3 Å². The molecule has 9 heteroatoms. The third-order valence-electron chi connectivity index (χ3n) is 7.01. The van der Waals surface area contributed by atoms with E-state index in [9.17, 15) is 9.18 Å².